The lowest BCUT2D eigenvalue weighted by Gasteiger charge is -2.31. The molecule has 0 spiro atoms. The zero-order valence-electron chi connectivity index (χ0n) is 16.7. The Morgan fingerprint density at radius 2 is 1.84 bits per heavy atom. The Kier molecular flexibility index (Phi) is 5.73. The van der Waals surface area contributed by atoms with Crippen LogP contribution in [-0.2, 0) is 4.74 Å². The van der Waals surface area contributed by atoms with E-state index in [1.807, 2.05) is 0 Å². The first-order chi connectivity index (χ1) is 14.9. The Morgan fingerprint density at radius 3 is 2.58 bits per heavy atom. The first-order valence-electron chi connectivity index (χ1n) is 9.69. The van der Waals surface area contributed by atoms with Gasteiger partial charge in [0.1, 0.15) is 16.9 Å². The third-order valence-corrected chi connectivity index (χ3v) is 5.06. The molecule has 164 valence electrons. The smallest absolute Gasteiger partial charge is 0.402 e. The SMILES string of the molecule is COc1cc(-c2[o+]c3cc(O)cc(O)c3cc2OC2CC(O)CC(CO)O2)ccc1O. The number of phenols is 3. The van der Waals surface area contributed by atoms with E-state index in [4.69, 9.17) is 18.6 Å². The molecule has 3 atom stereocenters. The maximum absolute atomic E-state index is 10.3. The molecule has 5 N–H and O–H groups in total. The Morgan fingerprint density at radius 1 is 1.03 bits per heavy atom. The molecule has 0 bridgehead atoms. The molecule has 9 heteroatoms. The first kappa shape index (κ1) is 21.0. The summed E-state index contributed by atoms with van der Waals surface area (Å²) < 4.78 is 22.8. The number of ether oxygens (including phenoxy) is 3. The summed E-state index contributed by atoms with van der Waals surface area (Å²) in [4.78, 5) is 0. The lowest BCUT2D eigenvalue weighted by molar-refractivity contribution is -0.184. The molecule has 1 aliphatic rings. The number of rotatable bonds is 5. The number of hydrogen-bond acceptors (Lipinski definition) is 8. The molecule has 2 aromatic carbocycles. The van der Waals surface area contributed by atoms with Gasteiger partial charge in [-0.3, -0.25) is 0 Å². The molecule has 3 aromatic rings. The molecule has 9 nitrogen and oxygen atoms in total. The van der Waals surface area contributed by atoms with Crippen molar-refractivity contribution in [1.82, 2.24) is 0 Å². The molecular formula is C22H23O9+. The molecule has 1 saturated heterocycles. The predicted octanol–water partition coefficient (Wildman–Crippen LogP) is 2.74. The number of fused-ring (bicyclic) bond motifs is 1. The lowest BCUT2D eigenvalue weighted by atomic mass is 10.1. The van der Waals surface area contributed by atoms with Crippen LogP contribution in [0.2, 0.25) is 0 Å². The van der Waals surface area contributed by atoms with Gasteiger partial charge in [-0.1, -0.05) is 0 Å². The van der Waals surface area contributed by atoms with Gasteiger partial charge < -0.3 is 39.7 Å². The second-order valence-electron chi connectivity index (χ2n) is 7.32. The Labute approximate surface area is 177 Å². The molecule has 1 aliphatic heterocycles. The van der Waals surface area contributed by atoms with E-state index in [1.165, 1.54) is 31.4 Å². The number of aliphatic hydroxyl groups is 2. The minimum Gasteiger partial charge on any atom is -0.507 e. The van der Waals surface area contributed by atoms with Crippen molar-refractivity contribution in [1.29, 1.82) is 0 Å². The van der Waals surface area contributed by atoms with Crippen LogP contribution < -0.4 is 9.47 Å². The molecule has 31 heavy (non-hydrogen) atoms. The Balaban J connectivity index is 1.83. The van der Waals surface area contributed by atoms with Crippen LogP contribution in [-0.4, -0.2) is 57.7 Å². The molecule has 0 saturated carbocycles. The quantitative estimate of drug-likeness (QED) is 0.386. The highest BCUT2D eigenvalue weighted by atomic mass is 16.7. The zero-order valence-corrected chi connectivity index (χ0v) is 16.7. The van der Waals surface area contributed by atoms with Crippen LogP contribution in [0, 0.1) is 0 Å². The van der Waals surface area contributed by atoms with Crippen molar-refractivity contribution in [2.75, 3.05) is 13.7 Å². The van der Waals surface area contributed by atoms with Crippen LogP contribution in [0.5, 0.6) is 28.7 Å². The van der Waals surface area contributed by atoms with Gasteiger partial charge >= 0.3 is 11.3 Å². The molecule has 0 aliphatic carbocycles. The van der Waals surface area contributed by atoms with Crippen molar-refractivity contribution in [3.8, 4) is 40.1 Å². The average Bonchev–Trinajstić information content (AvgIpc) is 2.73. The number of methoxy groups -OCH3 is 1. The number of benzene rings is 2. The van der Waals surface area contributed by atoms with E-state index in [-0.39, 0.29) is 58.5 Å². The van der Waals surface area contributed by atoms with Crippen molar-refractivity contribution in [2.24, 2.45) is 0 Å². The summed E-state index contributed by atoms with van der Waals surface area (Å²) >= 11 is 0. The van der Waals surface area contributed by atoms with Crippen molar-refractivity contribution < 1.29 is 44.2 Å². The van der Waals surface area contributed by atoms with Gasteiger partial charge in [-0.2, -0.15) is 0 Å². The molecule has 3 unspecified atom stereocenters. The van der Waals surface area contributed by atoms with E-state index in [2.05, 4.69) is 0 Å². The second-order valence-corrected chi connectivity index (χ2v) is 7.32. The molecule has 0 radical (unpaired) electrons. The topological polar surface area (TPSA) is 140 Å². The molecule has 0 amide bonds. The third kappa shape index (κ3) is 4.29. The van der Waals surface area contributed by atoms with Crippen molar-refractivity contribution in [3.05, 3.63) is 36.4 Å². The van der Waals surface area contributed by atoms with E-state index < -0.39 is 18.5 Å². The lowest BCUT2D eigenvalue weighted by Crippen LogP contribution is -2.40. The fraction of sp³-hybridized carbons (Fsp3) is 0.318. The van der Waals surface area contributed by atoms with E-state index in [0.717, 1.165) is 0 Å². The van der Waals surface area contributed by atoms with Crippen LogP contribution in [0.4, 0.5) is 0 Å². The highest BCUT2D eigenvalue weighted by Gasteiger charge is 2.33. The van der Waals surface area contributed by atoms with Crippen molar-refractivity contribution in [2.45, 2.75) is 31.3 Å². The van der Waals surface area contributed by atoms with Gasteiger partial charge in [0.2, 0.25) is 12.0 Å². The molecule has 4 rings (SSSR count). The number of aliphatic hydroxyl groups excluding tert-OH is 2. The van der Waals surface area contributed by atoms with Crippen molar-refractivity contribution in [3.63, 3.8) is 0 Å². The second kappa shape index (κ2) is 8.46. The van der Waals surface area contributed by atoms with Crippen LogP contribution in [0.15, 0.2) is 40.8 Å². The van der Waals surface area contributed by atoms with Crippen LogP contribution in [0.3, 0.4) is 0 Å². The van der Waals surface area contributed by atoms with Crippen LogP contribution in [0.25, 0.3) is 22.3 Å². The fourth-order valence-electron chi connectivity index (χ4n) is 3.57. The van der Waals surface area contributed by atoms with Crippen LogP contribution in [0.1, 0.15) is 12.8 Å². The minimum absolute atomic E-state index is 0.0608. The maximum atomic E-state index is 10.3. The monoisotopic (exact) mass is 431 g/mol. The number of phenolic OH excluding ortho intramolecular Hbond substituents is 3. The summed E-state index contributed by atoms with van der Waals surface area (Å²) in [5.74, 6) is 0.172. The Bertz CT molecular complexity index is 1100. The summed E-state index contributed by atoms with van der Waals surface area (Å²) in [6.45, 7) is -0.263. The van der Waals surface area contributed by atoms with Crippen LogP contribution >= 0.6 is 0 Å². The van der Waals surface area contributed by atoms with Gasteiger partial charge in [-0.15, -0.1) is 0 Å². The molecule has 2 heterocycles. The normalized spacial score (nSPS) is 21.2. The van der Waals surface area contributed by atoms with Gasteiger partial charge in [0.05, 0.1) is 37.6 Å². The highest BCUT2D eigenvalue weighted by molar-refractivity contribution is 5.88. The summed E-state index contributed by atoms with van der Waals surface area (Å²) in [5, 5.41) is 49.8. The largest absolute Gasteiger partial charge is 0.507 e. The predicted molar refractivity (Wildman–Crippen MR) is 109 cm³/mol. The van der Waals surface area contributed by atoms with Gasteiger partial charge in [0, 0.05) is 31.0 Å². The summed E-state index contributed by atoms with van der Waals surface area (Å²) in [7, 11) is 1.41. The van der Waals surface area contributed by atoms with E-state index in [9.17, 15) is 25.5 Å². The highest BCUT2D eigenvalue weighted by Crippen LogP contribution is 2.42. The summed E-state index contributed by atoms with van der Waals surface area (Å²) in [6.07, 6.45) is -1.69. The molecular weight excluding hydrogens is 408 g/mol. The van der Waals surface area contributed by atoms with Gasteiger partial charge in [0.25, 0.3) is 0 Å². The fourth-order valence-corrected chi connectivity index (χ4v) is 3.57. The minimum atomic E-state index is -0.870. The van der Waals surface area contributed by atoms with E-state index >= 15 is 0 Å². The summed E-state index contributed by atoms with van der Waals surface area (Å²) in [5.41, 5.74) is 0.689. The molecule has 1 aromatic heterocycles. The van der Waals surface area contributed by atoms with E-state index in [0.29, 0.717) is 12.0 Å². The zero-order chi connectivity index (χ0) is 22.1. The Hall–Kier alpha value is -3.27. The average molecular weight is 431 g/mol. The summed E-state index contributed by atoms with van der Waals surface area (Å²) in [6, 6.07) is 8.62. The third-order valence-electron chi connectivity index (χ3n) is 5.06. The maximum Gasteiger partial charge on any atom is 0.402 e. The van der Waals surface area contributed by atoms with Gasteiger partial charge in [0.15, 0.2) is 11.5 Å². The van der Waals surface area contributed by atoms with Gasteiger partial charge in [-0.25, -0.2) is 4.42 Å². The number of aromatic hydroxyl groups is 3. The van der Waals surface area contributed by atoms with E-state index in [1.54, 1.807) is 12.1 Å². The molecule has 1 fully saturated rings. The van der Waals surface area contributed by atoms with Gasteiger partial charge in [-0.05, 0) is 12.1 Å². The standard InChI is InChI=1S/C22H22O9/c1-28-19-4-11(2-3-16(19)26)22-20(30-21-8-12(24)5-14(10-23)29-21)9-15-17(27)6-13(25)7-18(15)31-22/h2-4,6-7,9,12,14,21,23-24H,5,8,10H2,1H3,(H2-,25,26,27)/p+1. The van der Waals surface area contributed by atoms with Crippen molar-refractivity contribution >= 4 is 11.0 Å². The first-order valence-corrected chi connectivity index (χ1v) is 9.69. The number of hydrogen-bond donors (Lipinski definition) is 5.